The molecule has 2 aromatic heterocycles. The molecule has 0 bridgehead atoms. The highest BCUT2D eigenvalue weighted by atomic mass is 32.1. The molecule has 0 atom stereocenters. The van der Waals surface area contributed by atoms with Crippen molar-refractivity contribution in [1.82, 2.24) is 19.9 Å². The highest BCUT2D eigenvalue weighted by molar-refractivity contribution is 7.18. The molecular formula is C22H23N5OS. The summed E-state index contributed by atoms with van der Waals surface area (Å²) in [6.45, 7) is 5.38. The van der Waals surface area contributed by atoms with E-state index in [1.807, 2.05) is 60.9 Å². The summed E-state index contributed by atoms with van der Waals surface area (Å²) >= 11 is 1.59. The van der Waals surface area contributed by atoms with Crippen molar-refractivity contribution in [2.24, 2.45) is 0 Å². The van der Waals surface area contributed by atoms with Crippen molar-refractivity contribution in [2.45, 2.75) is 32.9 Å². The Labute approximate surface area is 173 Å². The van der Waals surface area contributed by atoms with Crippen LogP contribution in [0.1, 0.15) is 36.2 Å². The summed E-state index contributed by atoms with van der Waals surface area (Å²) in [7, 11) is 0. The zero-order chi connectivity index (χ0) is 20.2. The molecule has 0 aliphatic carbocycles. The maximum atomic E-state index is 12.3. The van der Waals surface area contributed by atoms with E-state index in [4.69, 9.17) is 0 Å². The molecule has 7 heteroatoms. The van der Waals surface area contributed by atoms with Gasteiger partial charge in [0, 0.05) is 30.5 Å². The van der Waals surface area contributed by atoms with Gasteiger partial charge >= 0.3 is 6.03 Å². The van der Waals surface area contributed by atoms with Crippen LogP contribution >= 0.6 is 11.3 Å². The van der Waals surface area contributed by atoms with Gasteiger partial charge in [0.1, 0.15) is 10.8 Å². The molecule has 0 radical (unpaired) electrons. The third-order valence-electron chi connectivity index (χ3n) is 4.54. The molecule has 2 amide bonds. The maximum absolute atomic E-state index is 12.3. The number of hydrogen-bond donors (Lipinski definition) is 2. The molecule has 0 saturated carbocycles. The van der Waals surface area contributed by atoms with E-state index in [-0.39, 0.29) is 6.03 Å². The third kappa shape index (κ3) is 4.63. The Balaban J connectivity index is 1.37. The van der Waals surface area contributed by atoms with Crippen molar-refractivity contribution in [1.29, 1.82) is 0 Å². The van der Waals surface area contributed by atoms with Gasteiger partial charge in [-0.15, -0.1) is 11.3 Å². The monoisotopic (exact) mass is 405 g/mol. The van der Waals surface area contributed by atoms with Crippen LogP contribution in [0.4, 0.5) is 10.5 Å². The van der Waals surface area contributed by atoms with Gasteiger partial charge in [0.15, 0.2) is 0 Å². The molecule has 29 heavy (non-hydrogen) atoms. The molecule has 0 aliphatic rings. The fourth-order valence-electron chi connectivity index (χ4n) is 3.23. The number of thiazole rings is 1. The average Bonchev–Trinajstić information content (AvgIpc) is 3.33. The SMILES string of the molecule is CC(C)c1nccn1Cc1cccc(NC(=O)NCc2nc3ccccc3s2)c1. The Morgan fingerprint density at radius 1 is 1.17 bits per heavy atom. The number of carbonyl (C=O) groups excluding carboxylic acids is 1. The van der Waals surface area contributed by atoms with E-state index < -0.39 is 0 Å². The van der Waals surface area contributed by atoms with E-state index in [9.17, 15) is 4.79 Å². The first-order chi connectivity index (χ1) is 14.1. The molecule has 0 saturated heterocycles. The Kier molecular flexibility index (Phi) is 5.57. The summed E-state index contributed by atoms with van der Waals surface area (Å²) in [6, 6.07) is 15.6. The number of aromatic nitrogens is 3. The number of carbonyl (C=O) groups is 1. The normalized spacial score (nSPS) is 11.1. The number of nitrogens with zero attached hydrogens (tertiary/aromatic N) is 3. The van der Waals surface area contributed by atoms with Crippen LogP contribution in [0.2, 0.25) is 0 Å². The smallest absolute Gasteiger partial charge is 0.319 e. The minimum atomic E-state index is -0.244. The minimum absolute atomic E-state index is 0.244. The number of para-hydroxylation sites is 1. The number of hydrogen-bond acceptors (Lipinski definition) is 4. The second kappa shape index (κ2) is 8.45. The Hall–Kier alpha value is -3.19. The van der Waals surface area contributed by atoms with Crippen LogP contribution in [-0.4, -0.2) is 20.6 Å². The van der Waals surface area contributed by atoms with Gasteiger partial charge in [-0.05, 0) is 29.8 Å². The first kappa shape index (κ1) is 19.1. The molecule has 0 aliphatic heterocycles. The van der Waals surface area contributed by atoms with Gasteiger partial charge in [0.05, 0.1) is 16.8 Å². The van der Waals surface area contributed by atoms with Gasteiger partial charge in [0.2, 0.25) is 0 Å². The summed E-state index contributed by atoms with van der Waals surface area (Å²) in [5.74, 6) is 1.41. The predicted molar refractivity (Wildman–Crippen MR) is 117 cm³/mol. The molecule has 0 spiro atoms. The summed E-state index contributed by atoms with van der Waals surface area (Å²) < 4.78 is 3.26. The van der Waals surface area contributed by atoms with Crippen LogP contribution in [0, 0.1) is 0 Å². The second-order valence-corrected chi connectivity index (χ2v) is 8.27. The van der Waals surface area contributed by atoms with Crippen molar-refractivity contribution in [3.63, 3.8) is 0 Å². The number of urea groups is 1. The number of rotatable bonds is 6. The van der Waals surface area contributed by atoms with Crippen molar-refractivity contribution >= 4 is 33.3 Å². The lowest BCUT2D eigenvalue weighted by Crippen LogP contribution is -2.28. The zero-order valence-corrected chi connectivity index (χ0v) is 17.2. The fraction of sp³-hybridized carbons (Fsp3) is 0.227. The lowest BCUT2D eigenvalue weighted by molar-refractivity contribution is 0.251. The van der Waals surface area contributed by atoms with Gasteiger partial charge in [-0.2, -0.15) is 0 Å². The highest BCUT2D eigenvalue weighted by Crippen LogP contribution is 2.21. The Morgan fingerprint density at radius 2 is 2.03 bits per heavy atom. The van der Waals surface area contributed by atoms with Crippen molar-refractivity contribution < 1.29 is 4.79 Å². The van der Waals surface area contributed by atoms with Crippen LogP contribution in [0.15, 0.2) is 60.9 Å². The Morgan fingerprint density at radius 3 is 2.86 bits per heavy atom. The molecule has 148 valence electrons. The van der Waals surface area contributed by atoms with Gasteiger partial charge in [-0.1, -0.05) is 38.1 Å². The number of amides is 2. The van der Waals surface area contributed by atoms with E-state index in [0.717, 1.165) is 38.8 Å². The van der Waals surface area contributed by atoms with Crippen LogP contribution < -0.4 is 10.6 Å². The molecule has 4 rings (SSSR count). The molecule has 4 aromatic rings. The van der Waals surface area contributed by atoms with Crippen molar-refractivity contribution in [3.8, 4) is 0 Å². The van der Waals surface area contributed by atoms with E-state index in [2.05, 4.69) is 39.0 Å². The fourth-order valence-corrected chi connectivity index (χ4v) is 4.13. The molecule has 2 heterocycles. The maximum Gasteiger partial charge on any atom is 0.319 e. The predicted octanol–water partition coefficient (Wildman–Crippen LogP) is 4.99. The molecule has 2 aromatic carbocycles. The number of benzene rings is 2. The van der Waals surface area contributed by atoms with Gasteiger partial charge in [0.25, 0.3) is 0 Å². The van der Waals surface area contributed by atoms with Crippen molar-refractivity contribution in [2.75, 3.05) is 5.32 Å². The number of anilines is 1. The molecular weight excluding hydrogens is 382 g/mol. The summed E-state index contributed by atoms with van der Waals surface area (Å²) in [5, 5.41) is 6.67. The lowest BCUT2D eigenvalue weighted by atomic mass is 10.1. The quantitative estimate of drug-likeness (QED) is 0.475. The van der Waals surface area contributed by atoms with Gasteiger partial charge < -0.3 is 15.2 Å². The van der Waals surface area contributed by atoms with Crippen LogP contribution in [0.25, 0.3) is 10.2 Å². The van der Waals surface area contributed by atoms with Crippen molar-refractivity contribution in [3.05, 3.63) is 77.3 Å². The minimum Gasteiger partial charge on any atom is -0.331 e. The topological polar surface area (TPSA) is 71.8 Å². The van der Waals surface area contributed by atoms with E-state index in [0.29, 0.717) is 12.5 Å². The van der Waals surface area contributed by atoms with Crippen LogP contribution in [0.3, 0.4) is 0 Å². The summed E-state index contributed by atoms with van der Waals surface area (Å²) in [6.07, 6.45) is 3.81. The molecule has 6 nitrogen and oxygen atoms in total. The molecule has 0 unspecified atom stereocenters. The molecule has 0 fully saturated rings. The lowest BCUT2D eigenvalue weighted by Gasteiger charge is -2.12. The molecule has 2 N–H and O–H groups in total. The second-order valence-electron chi connectivity index (χ2n) is 7.15. The van der Waals surface area contributed by atoms with Crippen LogP contribution in [0.5, 0.6) is 0 Å². The highest BCUT2D eigenvalue weighted by Gasteiger charge is 2.09. The number of nitrogens with one attached hydrogen (secondary N) is 2. The van der Waals surface area contributed by atoms with Crippen LogP contribution in [-0.2, 0) is 13.1 Å². The standard InChI is InChI=1S/C22H23N5OS/c1-15(2)21-23-10-11-27(21)14-16-6-5-7-17(12-16)25-22(28)24-13-20-26-18-8-3-4-9-19(18)29-20/h3-12,15H,13-14H2,1-2H3,(H2,24,25,28). The summed E-state index contributed by atoms with van der Waals surface area (Å²) in [5.41, 5.74) is 2.83. The first-order valence-corrected chi connectivity index (χ1v) is 10.4. The third-order valence-corrected chi connectivity index (χ3v) is 5.58. The Bertz CT molecular complexity index is 1100. The van der Waals surface area contributed by atoms with E-state index in [1.165, 1.54) is 0 Å². The largest absolute Gasteiger partial charge is 0.331 e. The van der Waals surface area contributed by atoms with Gasteiger partial charge in [-0.25, -0.2) is 14.8 Å². The average molecular weight is 406 g/mol. The van der Waals surface area contributed by atoms with E-state index >= 15 is 0 Å². The first-order valence-electron chi connectivity index (χ1n) is 9.58. The zero-order valence-electron chi connectivity index (χ0n) is 16.4. The van der Waals surface area contributed by atoms with E-state index in [1.54, 1.807) is 11.3 Å². The number of fused-ring (bicyclic) bond motifs is 1. The number of imidazole rings is 1. The van der Waals surface area contributed by atoms with Gasteiger partial charge in [-0.3, -0.25) is 0 Å². The summed E-state index contributed by atoms with van der Waals surface area (Å²) in [4.78, 5) is 21.3.